The van der Waals surface area contributed by atoms with Crippen molar-refractivity contribution in [1.29, 1.82) is 0 Å². The van der Waals surface area contributed by atoms with Gasteiger partial charge < -0.3 is 4.42 Å². The van der Waals surface area contributed by atoms with Gasteiger partial charge in [0.1, 0.15) is 11.2 Å². The Morgan fingerprint density at radius 1 is 0.683 bits per heavy atom. The number of allylic oxidation sites excluding steroid dienone is 8. The quantitative estimate of drug-likeness (QED) is 0.220. The van der Waals surface area contributed by atoms with Crippen LogP contribution in [0.25, 0.3) is 66.9 Å². The van der Waals surface area contributed by atoms with Crippen molar-refractivity contribution < 1.29 is 4.42 Å². The van der Waals surface area contributed by atoms with Gasteiger partial charge in [0.15, 0.2) is 17.5 Å². The summed E-state index contributed by atoms with van der Waals surface area (Å²) in [5.41, 5.74) is 6.12. The van der Waals surface area contributed by atoms with Gasteiger partial charge in [-0.1, -0.05) is 91.1 Å². The summed E-state index contributed by atoms with van der Waals surface area (Å²) in [6, 6.07) is 22.9. The van der Waals surface area contributed by atoms with Gasteiger partial charge in [0.05, 0.1) is 0 Å². The molecule has 0 atom stereocenters. The number of nitrogens with zero attached hydrogens (tertiary/aromatic N) is 3. The molecule has 196 valence electrons. The van der Waals surface area contributed by atoms with Crippen molar-refractivity contribution >= 4 is 55.5 Å². The molecule has 0 spiro atoms. The van der Waals surface area contributed by atoms with E-state index in [1.165, 1.54) is 37.6 Å². The molecule has 2 heterocycles. The van der Waals surface area contributed by atoms with E-state index in [-0.39, 0.29) is 0 Å². The van der Waals surface area contributed by atoms with Gasteiger partial charge in [0, 0.05) is 27.5 Å². The molecule has 4 heteroatoms. The molecule has 0 saturated heterocycles. The molecule has 0 fully saturated rings. The lowest BCUT2D eigenvalue weighted by Gasteiger charge is -2.14. The van der Waals surface area contributed by atoms with Gasteiger partial charge in [-0.05, 0) is 71.2 Å². The van der Waals surface area contributed by atoms with Crippen LogP contribution in [0.4, 0.5) is 0 Å². The highest BCUT2D eigenvalue weighted by molar-refractivity contribution is 6.22. The van der Waals surface area contributed by atoms with Crippen molar-refractivity contribution in [3.63, 3.8) is 0 Å². The average molecular weight is 530 g/mol. The minimum Gasteiger partial charge on any atom is -0.456 e. The van der Waals surface area contributed by atoms with Crippen LogP contribution in [-0.2, 0) is 0 Å². The molecule has 6 aromatic rings. The predicted molar refractivity (Wildman–Crippen MR) is 169 cm³/mol. The minimum absolute atomic E-state index is 0.685. The number of rotatable bonds is 3. The van der Waals surface area contributed by atoms with E-state index in [2.05, 4.69) is 98.0 Å². The van der Waals surface area contributed by atoms with Crippen molar-refractivity contribution in [2.45, 2.75) is 26.2 Å². The lowest BCUT2D eigenvalue weighted by Crippen LogP contribution is -2.29. The first-order valence-electron chi connectivity index (χ1n) is 14.2. The third-order valence-electron chi connectivity index (χ3n) is 8.10. The Balaban J connectivity index is 1.41. The second kappa shape index (κ2) is 9.53. The zero-order valence-corrected chi connectivity index (χ0v) is 22.8. The highest BCUT2D eigenvalue weighted by Crippen LogP contribution is 2.35. The molecule has 4 nitrogen and oxygen atoms in total. The zero-order chi connectivity index (χ0) is 27.3. The zero-order valence-electron chi connectivity index (χ0n) is 22.8. The Labute approximate surface area is 237 Å². The van der Waals surface area contributed by atoms with Crippen molar-refractivity contribution in [3.8, 4) is 11.4 Å². The molecule has 0 aliphatic heterocycles. The molecule has 0 amide bonds. The average Bonchev–Trinajstić information content (AvgIpc) is 3.44. The van der Waals surface area contributed by atoms with Gasteiger partial charge in [-0.3, -0.25) is 0 Å². The molecule has 2 aliphatic rings. The highest BCUT2D eigenvalue weighted by atomic mass is 16.3. The van der Waals surface area contributed by atoms with E-state index in [9.17, 15) is 0 Å². The standard InChI is InChI=1S/C37H27N3O/c1-2-27-28-18-10-20-30-33(28)34-29(19-11-21-31(34)41-30)32(27)25-16-9-17-26(22-25)37-39-35(23-12-5-3-6-13-23)38-36(40-37)24-14-7-4-8-15-24/h2-3,5-7,9-15,17-22H,4,8,16H2,1H3/b27-2-,32-25-. The molecule has 0 bridgehead atoms. The van der Waals surface area contributed by atoms with Crippen molar-refractivity contribution in [2.24, 2.45) is 0 Å². The summed E-state index contributed by atoms with van der Waals surface area (Å²) in [6.07, 6.45) is 18.3. The van der Waals surface area contributed by atoms with E-state index >= 15 is 0 Å². The van der Waals surface area contributed by atoms with Crippen LogP contribution in [0.5, 0.6) is 0 Å². The Morgan fingerprint density at radius 3 is 2.15 bits per heavy atom. The molecule has 2 aliphatic carbocycles. The predicted octanol–water partition coefficient (Wildman–Crippen LogP) is 7.76. The maximum Gasteiger partial charge on any atom is 0.164 e. The molecule has 0 unspecified atom stereocenters. The first kappa shape index (κ1) is 23.8. The molecule has 8 rings (SSSR count). The van der Waals surface area contributed by atoms with Gasteiger partial charge in [-0.25, -0.2) is 15.0 Å². The van der Waals surface area contributed by atoms with Gasteiger partial charge in [0.2, 0.25) is 0 Å². The normalized spacial score (nSPS) is 17.1. The molecule has 0 radical (unpaired) electrons. The molecule has 2 aromatic heterocycles. The summed E-state index contributed by atoms with van der Waals surface area (Å²) >= 11 is 0. The van der Waals surface area contributed by atoms with Gasteiger partial charge >= 0.3 is 0 Å². The van der Waals surface area contributed by atoms with E-state index in [0.717, 1.165) is 47.1 Å². The molecule has 0 N–H and O–H groups in total. The summed E-state index contributed by atoms with van der Waals surface area (Å²) in [7, 11) is 0. The lowest BCUT2D eigenvalue weighted by atomic mass is 9.92. The second-order valence-corrected chi connectivity index (χ2v) is 10.6. The maximum absolute atomic E-state index is 6.28. The van der Waals surface area contributed by atoms with Crippen molar-refractivity contribution in [2.75, 3.05) is 0 Å². The topological polar surface area (TPSA) is 51.8 Å². The lowest BCUT2D eigenvalue weighted by molar-refractivity contribution is 0.669. The summed E-state index contributed by atoms with van der Waals surface area (Å²) in [5, 5.41) is 7.32. The van der Waals surface area contributed by atoms with Crippen molar-refractivity contribution in [3.05, 3.63) is 125 Å². The van der Waals surface area contributed by atoms with Crippen LogP contribution in [0.1, 0.15) is 37.8 Å². The summed E-state index contributed by atoms with van der Waals surface area (Å²) < 4.78 is 6.28. The number of aromatic nitrogens is 3. The fourth-order valence-electron chi connectivity index (χ4n) is 6.28. The van der Waals surface area contributed by atoms with Crippen LogP contribution in [0.3, 0.4) is 0 Å². The maximum atomic E-state index is 6.28. The molecular weight excluding hydrogens is 502 g/mol. The van der Waals surface area contributed by atoms with Gasteiger partial charge in [0.25, 0.3) is 0 Å². The smallest absolute Gasteiger partial charge is 0.164 e. The van der Waals surface area contributed by atoms with E-state index in [1.807, 2.05) is 18.2 Å². The molecule has 0 saturated carbocycles. The Bertz CT molecular complexity index is 2230. The van der Waals surface area contributed by atoms with Crippen LogP contribution in [0.15, 0.2) is 108 Å². The second-order valence-electron chi connectivity index (χ2n) is 10.6. The molecule has 41 heavy (non-hydrogen) atoms. The molecule has 4 aromatic carbocycles. The minimum atomic E-state index is 0.685. The van der Waals surface area contributed by atoms with E-state index in [1.54, 1.807) is 0 Å². The van der Waals surface area contributed by atoms with Crippen LogP contribution in [-0.4, -0.2) is 15.0 Å². The third kappa shape index (κ3) is 3.86. The SMILES string of the molecule is C/C=c1\c(=C2\C=C(c3nc(C4=CCCC=C4)nc(-c4ccccc4)n3)C=CC2)c2cccc3oc4cccc1c4c32. The number of furan rings is 1. The number of hydrogen-bond acceptors (Lipinski definition) is 4. The van der Waals surface area contributed by atoms with E-state index < -0.39 is 0 Å². The summed E-state index contributed by atoms with van der Waals surface area (Å²) in [5.74, 6) is 2.08. The summed E-state index contributed by atoms with van der Waals surface area (Å²) in [4.78, 5) is 14.9. The first-order chi connectivity index (χ1) is 20.3. The Hall–Kier alpha value is -5.09. The van der Waals surface area contributed by atoms with Gasteiger partial charge in [-0.2, -0.15) is 0 Å². The van der Waals surface area contributed by atoms with Crippen molar-refractivity contribution in [1.82, 2.24) is 15.0 Å². The Morgan fingerprint density at radius 2 is 1.39 bits per heavy atom. The fraction of sp³-hybridized carbons (Fsp3) is 0.108. The monoisotopic (exact) mass is 529 g/mol. The van der Waals surface area contributed by atoms with Crippen LogP contribution >= 0.6 is 0 Å². The van der Waals surface area contributed by atoms with E-state index in [4.69, 9.17) is 19.4 Å². The number of hydrogen-bond donors (Lipinski definition) is 0. The van der Waals surface area contributed by atoms with E-state index in [0.29, 0.717) is 17.5 Å². The largest absolute Gasteiger partial charge is 0.456 e. The van der Waals surface area contributed by atoms with Gasteiger partial charge in [-0.15, -0.1) is 0 Å². The number of benzene rings is 4. The first-order valence-corrected chi connectivity index (χ1v) is 14.2. The summed E-state index contributed by atoms with van der Waals surface area (Å²) in [6.45, 7) is 2.12. The molecular formula is C37H27N3O. The third-order valence-corrected chi connectivity index (χ3v) is 8.10. The van der Waals surface area contributed by atoms with Crippen LogP contribution in [0, 0.1) is 0 Å². The fourth-order valence-corrected chi connectivity index (χ4v) is 6.28. The van der Waals surface area contributed by atoms with Crippen LogP contribution in [0.2, 0.25) is 0 Å². The van der Waals surface area contributed by atoms with Crippen LogP contribution < -0.4 is 10.4 Å². The highest BCUT2D eigenvalue weighted by Gasteiger charge is 2.19. The Kier molecular flexibility index (Phi) is 5.52.